The number of nitrogens with one attached hydrogen (secondary N) is 1. The minimum atomic E-state index is -0.419. The van der Waals surface area contributed by atoms with Gasteiger partial charge in [0.25, 0.3) is 0 Å². The molecule has 1 rings (SSSR count). The predicted octanol–water partition coefficient (Wildman–Crippen LogP) is 0.761. The maximum atomic E-state index is 11.5. The molecule has 16 heavy (non-hydrogen) atoms. The molecular weight excluding hydrogens is 208 g/mol. The third-order valence-corrected chi connectivity index (χ3v) is 1.91. The zero-order valence-corrected chi connectivity index (χ0v) is 9.94. The minimum absolute atomic E-state index is 0.331. The summed E-state index contributed by atoms with van der Waals surface area (Å²) < 4.78 is 4.90. The molecule has 0 aliphatic carbocycles. The van der Waals surface area contributed by atoms with Gasteiger partial charge in [-0.1, -0.05) is 0 Å². The second-order valence-corrected chi connectivity index (χ2v) is 3.30. The van der Waals surface area contributed by atoms with Crippen molar-refractivity contribution in [2.75, 3.05) is 38.0 Å². The van der Waals surface area contributed by atoms with E-state index in [1.54, 1.807) is 18.9 Å². The maximum Gasteiger partial charge on any atom is 0.343 e. The summed E-state index contributed by atoms with van der Waals surface area (Å²) in [4.78, 5) is 21.6. The fourth-order valence-corrected chi connectivity index (χ4v) is 1.14. The van der Waals surface area contributed by atoms with Gasteiger partial charge in [0, 0.05) is 27.3 Å². The van der Waals surface area contributed by atoms with Gasteiger partial charge < -0.3 is 15.0 Å². The van der Waals surface area contributed by atoms with Crippen LogP contribution in [0.5, 0.6) is 0 Å². The molecule has 6 heteroatoms. The normalized spacial score (nSPS) is 9.75. The first-order valence-electron chi connectivity index (χ1n) is 4.99. The van der Waals surface area contributed by atoms with Gasteiger partial charge >= 0.3 is 5.97 Å². The molecule has 0 amide bonds. The molecule has 1 heterocycles. The summed E-state index contributed by atoms with van der Waals surface area (Å²) in [5.41, 5.74) is 0.343. The van der Waals surface area contributed by atoms with Crippen LogP contribution >= 0.6 is 0 Å². The van der Waals surface area contributed by atoms with Crippen LogP contribution in [0.15, 0.2) is 6.20 Å². The van der Waals surface area contributed by atoms with E-state index in [1.807, 2.05) is 14.1 Å². The lowest BCUT2D eigenvalue weighted by molar-refractivity contribution is 0.0526. The van der Waals surface area contributed by atoms with E-state index >= 15 is 0 Å². The Balaban J connectivity index is 3.06. The van der Waals surface area contributed by atoms with Crippen LogP contribution in [0.1, 0.15) is 17.3 Å². The van der Waals surface area contributed by atoms with Gasteiger partial charge in [0.15, 0.2) is 0 Å². The number of hydrogen-bond donors (Lipinski definition) is 1. The Kier molecular flexibility index (Phi) is 4.04. The molecule has 0 unspecified atom stereocenters. The number of nitrogens with zero attached hydrogens (tertiary/aromatic N) is 3. The van der Waals surface area contributed by atoms with Crippen molar-refractivity contribution in [3.05, 3.63) is 11.8 Å². The van der Waals surface area contributed by atoms with E-state index in [9.17, 15) is 4.79 Å². The molecule has 0 fully saturated rings. The van der Waals surface area contributed by atoms with Crippen LogP contribution in [0.4, 0.5) is 11.8 Å². The highest BCUT2D eigenvalue weighted by molar-refractivity contribution is 5.94. The summed E-state index contributed by atoms with van der Waals surface area (Å²) in [5.74, 6) is 0.590. The minimum Gasteiger partial charge on any atom is -0.462 e. The average molecular weight is 224 g/mol. The van der Waals surface area contributed by atoms with Crippen molar-refractivity contribution in [1.82, 2.24) is 9.97 Å². The first-order chi connectivity index (χ1) is 7.60. The molecule has 88 valence electrons. The third-order valence-electron chi connectivity index (χ3n) is 1.91. The number of esters is 1. The zero-order chi connectivity index (χ0) is 12.1. The van der Waals surface area contributed by atoms with Crippen LogP contribution in [-0.4, -0.2) is 43.7 Å². The van der Waals surface area contributed by atoms with E-state index in [4.69, 9.17) is 4.74 Å². The first-order valence-corrected chi connectivity index (χ1v) is 4.99. The van der Waals surface area contributed by atoms with Crippen molar-refractivity contribution in [3.63, 3.8) is 0 Å². The van der Waals surface area contributed by atoms with E-state index in [0.29, 0.717) is 23.9 Å². The molecule has 1 aromatic heterocycles. The second-order valence-electron chi connectivity index (χ2n) is 3.30. The molecule has 0 bridgehead atoms. The molecule has 0 aliphatic rings. The molecule has 0 saturated carbocycles. The number of hydrogen-bond acceptors (Lipinski definition) is 6. The smallest absolute Gasteiger partial charge is 0.343 e. The zero-order valence-electron chi connectivity index (χ0n) is 9.94. The second kappa shape index (κ2) is 5.29. The van der Waals surface area contributed by atoms with Crippen molar-refractivity contribution in [1.29, 1.82) is 0 Å². The molecule has 1 aromatic rings. The van der Waals surface area contributed by atoms with Crippen molar-refractivity contribution >= 4 is 17.7 Å². The fraction of sp³-hybridized carbons (Fsp3) is 0.500. The van der Waals surface area contributed by atoms with Crippen molar-refractivity contribution in [2.24, 2.45) is 0 Å². The molecule has 0 radical (unpaired) electrons. The summed E-state index contributed by atoms with van der Waals surface area (Å²) in [5, 5.41) is 2.85. The van der Waals surface area contributed by atoms with Gasteiger partial charge in [0.2, 0.25) is 5.95 Å². The molecule has 1 N–H and O–H groups in total. The highest BCUT2D eigenvalue weighted by Crippen LogP contribution is 2.15. The number of ether oxygens (including phenoxy) is 1. The Hall–Kier alpha value is -1.85. The van der Waals surface area contributed by atoms with E-state index in [-0.39, 0.29) is 0 Å². The Labute approximate surface area is 94.6 Å². The van der Waals surface area contributed by atoms with Gasteiger partial charge in [0.05, 0.1) is 6.61 Å². The molecule has 0 aliphatic heterocycles. The first kappa shape index (κ1) is 12.2. The number of carbonyl (C=O) groups excluding carboxylic acids is 1. The van der Waals surface area contributed by atoms with Gasteiger partial charge in [-0.25, -0.2) is 9.78 Å². The van der Waals surface area contributed by atoms with E-state index in [1.165, 1.54) is 6.20 Å². The number of carbonyl (C=O) groups is 1. The Morgan fingerprint density at radius 1 is 1.56 bits per heavy atom. The summed E-state index contributed by atoms with van der Waals surface area (Å²) in [6.45, 7) is 2.09. The lowest BCUT2D eigenvalue weighted by Crippen LogP contribution is -2.16. The topological polar surface area (TPSA) is 67.3 Å². The number of rotatable bonds is 4. The van der Waals surface area contributed by atoms with Crippen molar-refractivity contribution in [3.8, 4) is 0 Å². The summed E-state index contributed by atoms with van der Waals surface area (Å²) in [7, 11) is 5.36. The Morgan fingerprint density at radius 3 is 2.75 bits per heavy atom. The highest BCUT2D eigenvalue weighted by atomic mass is 16.5. The van der Waals surface area contributed by atoms with Crippen LogP contribution in [0.25, 0.3) is 0 Å². The summed E-state index contributed by atoms with van der Waals surface area (Å²) in [6, 6.07) is 0. The predicted molar refractivity (Wildman–Crippen MR) is 61.9 cm³/mol. The van der Waals surface area contributed by atoms with Crippen LogP contribution in [0.2, 0.25) is 0 Å². The monoisotopic (exact) mass is 224 g/mol. The van der Waals surface area contributed by atoms with Gasteiger partial charge in [0.1, 0.15) is 11.4 Å². The van der Waals surface area contributed by atoms with Gasteiger partial charge in [-0.15, -0.1) is 0 Å². The molecule has 0 aromatic carbocycles. The van der Waals surface area contributed by atoms with Crippen LogP contribution < -0.4 is 10.2 Å². The van der Waals surface area contributed by atoms with Crippen molar-refractivity contribution < 1.29 is 9.53 Å². The molecule has 6 nitrogen and oxygen atoms in total. The highest BCUT2D eigenvalue weighted by Gasteiger charge is 2.15. The molecule has 0 spiro atoms. The van der Waals surface area contributed by atoms with Gasteiger partial charge in [-0.05, 0) is 6.92 Å². The SMILES string of the molecule is CCOC(=O)c1cnc(N(C)C)nc1NC. The maximum absolute atomic E-state index is 11.5. The standard InChI is InChI=1S/C10H16N4O2/c1-5-16-9(15)7-6-12-10(14(3)4)13-8(7)11-2/h6H,5H2,1-4H3,(H,11,12,13). The van der Waals surface area contributed by atoms with Crippen LogP contribution in [-0.2, 0) is 4.74 Å². The molecular formula is C10H16N4O2. The Bertz CT molecular complexity index is 379. The van der Waals surface area contributed by atoms with E-state index < -0.39 is 5.97 Å². The summed E-state index contributed by atoms with van der Waals surface area (Å²) in [6.07, 6.45) is 1.46. The van der Waals surface area contributed by atoms with Gasteiger partial charge in [-0.3, -0.25) is 0 Å². The lowest BCUT2D eigenvalue weighted by Gasteiger charge is -2.13. The average Bonchev–Trinajstić information content (AvgIpc) is 2.28. The molecule has 0 saturated heterocycles. The quantitative estimate of drug-likeness (QED) is 0.762. The fourth-order valence-electron chi connectivity index (χ4n) is 1.14. The van der Waals surface area contributed by atoms with Crippen LogP contribution in [0.3, 0.4) is 0 Å². The number of anilines is 2. The largest absolute Gasteiger partial charge is 0.462 e. The number of aromatic nitrogens is 2. The van der Waals surface area contributed by atoms with Crippen molar-refractivity contribution in [2.45, 2.75) is 6.92 Å². The van der Waals surface area contributed by atoms with E-state index in [0.717, 1.165) is 0 Å². The molecule has 0 atom stereocenters. The van der Waals surface area contributed by atoms with E-state index in [2.05, 4.69) is 15.3 Å². The Morgan fingerprint density at radius 2 is 2.25 bits per heavy atom. The summed E-state index contributed by atoms with van der Waals surface area (Å²) >= 11 is 0. The van der Waals surface area contributed by atoms with Crippen LogP contribution in [0, 0.1) is 0 Å². The third kappa shape index (κ3) is 2.59. The lowest BCUT2D eigenvalue weighted by atomic mass is 10.3. The van der Waals surface area contributed by atoms with Gasteiger partial charge in [-0.2, -0.15) is 4.98 Å².